The lowest BCUT2D eigenvalue weighted by Gasteiger charge is -2.32. The van der Waals surface area contributed by atoms with E-state index in [4.69, 9.17) is 9.15 Å². The largest absolute Gasteiger partial charge is 0.467 e. The molecule has 0 aliphatic heterocycles. The molecule has 0 radical (unpaired) electrons. The van der Waals surface area contributed by atoms with Crippen LogP contribution in [0.4, 0.5) is 0 Å². The van der Waals surface area contributed by atoms with Gasteiger partial charge in [-0.1, -0.05) is 19.3 Å². The van der Waals surface area contributed by atoms with Gasteiger partial charge in [0, 0.05) is 11.4 Å². The fourth-order valence-corrected chi connectivity index (χ4v) is 3.84. The van der Waals surface area contributed by atoms with Gasteiger partial charge >= 0.3 is 5.97 Å². The quantitative estimate of drug-likeness (QED) is 0.751. The number of hydrogen-bond acceptors (Lipinski definition) is 5. The number of ether oxygens (including phenoxy) is 1. The van der Waals surface area contributed by atoms with E-state index in [0.29, 0.717) is 24.9 Å². The van der Waals surface area contributed by atoms with E-state index in [-0.39, 0.29) is 0 Å². The molecule has 29 heavy (non-hydrogen) atoms. The molecule has 154 valence electrons. The Morgan fingerprint density at radius 1 is 1.34 bits per heavy atom. The summed E-state index contributed by atoms with van der Waals surface area (Å²) in [5.74, 6) is -0.207. The smallest absolute Gasteiger partial charge is 0.340 e. The van der Waals surface area contributed by atoms with Crippen LogP contribution >= 0.6 is 0 Å². The maximum Gasteiger partial charge on any atom is 0.340 e. The molecule has 2 heterocycles. The Morgan fingerprint density at radius 2 is 2.07 bits per heavy atom. The van der Waals surface area contributed by atoms with E-state index < -0.39 is 23.5 Å². The summed E-state index contributed by atoms with van der Waals surface area (Å²) in [5.41, 5.74) is 1.21. The number of furan rings is 1. The third-order valence-corrected chi connectivity index (χ3v) is 5.62. The number of nitrogens with one attached hydrogen (secondary N) is 1. The van der Waals surface area contributed by atoms with Crippen LogP contribution in [0.1, 0.15) is 66.5 Å². The van der Waals surface area contributed by atoms with Crippen molar-refractivity contribution in [1.29, 1.82) is 5.26 Å². The number of amides is 1. The van der Waals surface area contributed by atoms with Crippen molar-refractivity contribution in [3.8, 4) is 6.07 Å². The molecule has 1 fully saturated rings. The number of aryl methyl sites for hydroxylation is 1. The zero-order valence-electron chi connectivity index (χ0n) is 17.2. The molecule has 0 aromatic carbocycles. The van der Waals surface area contributed by atoms with Crippen molar-refractivity contribution in [2.75, 3.05) is 0 Å². The van der Waals surface area contributed by atoms with E-state index >= 15 is 0 Å². The highest BCUT2D eigenvalue weighted by Crippen LogP contribution is 2.28. The van der Waals surface area contributed by atoms with Gasteiger partial charge in [0.25, 0.3) is 5.91 Å². The van der Waals surface area contributed by atoms with Crippen LogP contribution in [0.25, 0.3) is 0 Å². The molecule has 1 saturated carbocycles. The van der Waals surface area contributed by atoms with Gasteiger partial charge < -0.3 is 19.0 Å². The van der Waals surface area contributed by atoms with Crippen LogP contribution < -0.4 is 5.32 Å². The summed E-state index contributed by atoms with van der Waals surface area (Å²) in [5, 5.41) is 12.3. The van der Waals surface area contributed by atoms with E-state index in [1.54, 1.807) is 12.3 Å². The molecule has 1 aliphatic rings. The molecule has 1 N–H and O–H groups in total. The highest BCUT2D eigenvalue weighted by Gasteiger charge is 2.35. The lowest BCUT2D eigenvalue weighted by Crippen LogP contribution is -2.52. The molecule has 0 bridgehead atoms. The highest BCUT2D eigenvalue weighted by molar-refractivity contribution is 5.93. The summed E-state index contributed by atoms with van der Waals surface area (Å²) in [6.07, 6.45) is 4.76. The molecule has 0 unspecified atom stereocenters. The van der Waals surface area contributed by atoms with Gasteiger partial charge in [-0.3, -0.25) is 4.79 Å². The van der Waals surface area contributed by atoms with Gasteiger partial charge in [0.05, 0.1) is 24.4 Å². The zero-order chi connectivity index (χ0) is 21.0. The maximum absolute atomic E-state index is 12.7. The normalized spacial score (nSPS) is 16.6. The molecule has 1 atom stereocenters. The number of carbonyl (C=O) groups is 2. The van der Waals surface area contributed by atoms with Crippen molar-refractivity contribution in [3.63, 3.8) is 0 Å². The fourth-order valence-electron chi connectivity index (χ4n) is 3.84. The van der Waals surface area contributed by atoms with Crippen LogP contribution in [0.15, 0.2) is 28.9 Å². The first-order chi connectivity index (χ1) is 13.8. The lowest BCUT2D eigenvalue weighted by atomic mass is 9.83. The number of carbonyl (C=O) groups excluding carboxylic acids is 2. The molecule has 3 rings (SSSR count). The minimum absolute atomic E-state index is 0.418. The third-order valence-electron chi connectivity index (χ3n) is 5.62. The third kappa shape index (κ3) is 4.53. The van der Waals surface area contributed by atoms with Crippen LogP contribution in [0.2, 0.25) is 0 Å². The maximum atomic E-state index is 12.7. The lowest BCUT2D eigenvalue weighted by molar-refractivity contribution is -0.130. The summed E-state index contributed by atoms with van der Waals surface area (Å²) in [7, 11) is 0. The molecule has 1 aliphatic carbocycles. The molecule has 7 nitrogen and oxygen atoms in total. The Morgan fingerprint density at radius 3 is 2.69 bits per heavy atom. The Hall–Kier alpha value is -3.01. The topological polar surface area (TPSA) is 97.3 Å². The average Bonchev–Trinajstić information content (AvgIpc) is 3.32. The summed E-state index contributed by atoms with van der Waals surface area (Å²) >= 11 is 0. The van der Waals surface area contributed by atoms with Crippen molar-refractivity contribution in [1.82, 2.24) is 9.88 Å². The Bertz CT molecular complexity index is 915. The van der Waals surface area contributed by atoms with Gasteiger partial charge in [0.1, 0.15) is 11.3 Å². The average molecular weight is 397 g/mol. The molecule has 2 aromatic heterocycles. The Balaban J connectivity index is 1.66. The monoisotopic (exact) mass is 397 g/mol. The van der Waals surface area contributed by atoms with Gasteiger partial charge in [-0.15, -0.1) is 0 Å². The zero-order valence-corrected chi connectivity index (χ0v) is 17.2. The number of esters is 1. The molecular weight excluding hydrogens is 370 g/mol. The van der Waals surface area contributed by atoms with Crippen LogP contribution in [0, 0.1) is 25.2 Å². The van der Waals surface area contributed by atoms with Crippen LogP contribution in [0.5, 0.6) is 0 Å². The summed E-state index contributed by atoms with van der Waals surface area (Å²) in [4.78, 5) is 25.2. The first-order valence-electron chi connectivity index (χ1n) is 9.98. The van der Waals surface area contributed by atoms with Gasteiger partial charge in [-0.05, 0) is 51.8 Å². The van der Waals surface area contributed by atoms with Gasteiger partial charge in [0.2, 0.25) is 0 Å². The van der Waals surface area contributed by atoms with Gasteiger partial charge in [0.15, 0.2) is 6.10 Å². The predicted molar refractivity (Wildman–Crippen MR) is 106 cm³/mol. The van der Waals surface area contributed by atoms with E-state index in [0.717, 1.165) is 36.4 Å². The van der Waals surface area contributed by atoms with E-state index in [1.807, 2.05) is 30.5 Å². The predicted octanol–water partition coefficient (Wildman–Crippen LogP) is 3.63. The summed E-state index contributed by atoms with van der Waals surface area (Å²) in [6, 6.07) is 7.69. The highest BCUT2D eigenvalue weighted by atomic mass is 16.5. The molecule has 2 aromatic rings. The minimum Gasteiger partial charge on any atom is -0.467 e. The molecular formula is C22H27N3O4. The van der Waals surface area contributed by atoms with Crippen molar-refractivity contribution in [3.05, 3.63) is 47.2 Å². The van der Waals surface area contributed by atoms with E-state index in [9.17, 15) is 14.9 Å². The van der Waals surface area contributed by atoms with E-state index in [1.165, 1.54) is 6.92 Å². The number of aromatic nitrogens is 1. The summed E-state index contributed by atoms with van der Waals surface area (Å²) in [6.45, 7) is 5.79. The van der Waals surface area contributed by atoms with Crippen molar-refractivity contribution < 1.29 is 18.7 Å². The fraction of sp³-hybridized carbons (Fsp3) is 0.500. The number of nitrogens with zero attached hydrogens (tertiary/aromatic N) is 2. The molecule has 0 spiro atoms. The standard InChI is InChI=1S/C22H27N3O4/c1-15-12-19(16(2)25(15)13-18-8-7-11-28-18)21(27)29-17(3)20(26)24-22(14-23)9-5-4-6-10-22/h7-8,11-12,17H,4-6,9-10,13H2,1-3H3,(H,24,26)/t17-/m0/s1. The second-order valence-corrected chi connectivity index (χ2v) is 7.74. The van der Waals surface area contributed by atoms with Gasteiger partial charge in [-0.25, -0.2) is 4.79 Å². The number of rotatable bonds is 6. The summed E-state index contributed by atoms with van der Waals surface area (Å²) < 4.78 is 12.8. The Labute approximate surface area is 170 Å². The van der Waals surface area contributed by atoms with Crippen LogP contribution in [-0.4, -0.2) is 28.1 Å². The van der Waals surface area contributed by atoms with Crippen LogP contribution in [0.3, 0.4) is 0 Å². The first-order valence-corrected chi connectivity index (χ1v) is 9.98. The second kappa shape index (κ2) is 8.56. The molecule has 1 amide bonds. The van der Waals surface area contributed by atoms with Crippen molar-refractivity contribution in [2.24, 2.45) is 0 Å². The second-order valence-electron chi connectivity index (χ2n) is 7.74. The first kappa shape index (κ1) is 20.7. The van der Waals surface area contributed by atoms with Crippen molar-refractivity contribution >= 4 is 11.9 Å². The minimum atomic E-state index is -0.984. The van der Waals surface area contributed by atoms with Crippen molar-refractivity contribution in [2.45, 2.75) is 71.1 Å². The number of hydrogen-bond donors (Lipinski definition) is 1. The molecule has 0 saturated heterocycles. The van der Waals surface area contributed by atoms with Gasteiger partial charge in [-0.2, -0.15) is 5.26 Å². The Kier molecular flexibility index (Phi) is 6.12. The SMILES string of the molecule is Cc1cc(C(=O)O[C@@H](C)C(=O)NC2(C#N)CCCCC2)c(C)n1Cc1ccco1. The number of nitriles is 1. The van der Waals surface area contributed by atoms with E-state index in [2.05, 4.69) is 11.4 Å². The van der Waals surface area contributed by atoms with Crippen LogP contribution in [-0.2, 0) is 16.1 Å². The molecule has 7 heteroatoms.